The lowest BCUT2D eigenvalue weighted by Gasteiger charge is -2.14. The van der Waals surface area contributed by atoms with Gasteiger partial charge in [0.05, 0.1) is 18.4 Å². The number of nitrogens with two attached hydrogens (primary N) is 1. The van der Waals surface area contributed by atoms with Gasteiger partial charge in [-0.15, -0.1) is 0 Å². The Morgan fingerprint density at radius 1 is 1.23 bits per heavy atom. The van der Waals surface area contributed by atoms with Crippen molar-refractivity contribution >= 4 is 19.6 Å². The second-order valence-corrected chi connectivity index (χ2v) is 6.99. The molecule has 0 bridgehead atoms. The smallest absolute Gasteiger partial charge is 0.367 e. The molecular formula is C17H19N4O4P. The first-order chi connectivity index (χ1) is 12.7. The minimum Gasteiger partial charge on any atom is -0.426 e. The molecule has 0 amide bonds. The molecule has 136 valence electrons. The van der Waals surface area contributed by atoms with Gasteiger partial charge in [0.1, 0.15) is 23.7 Å². The number of para-hydroxylation sites is 1. The first kappa shape index (κ1) is 17.0. The third kappa shape index (κ3) is 3.58. The Bertz CT molecular complexity index is 918. The number of anilines is 1. The van der Waals surface area contributed by atoms with Gasteiger partial charge < -0.3 is 15.0 Å². The molecule has 8 nitrogen and oxygen atoms in total. The standard InChI is InChI=1S/C17H19N4O4P/c18-17-15-8-7-14(21(15)20-11-19-17)16-9-6-13(24-16)10-23-26(22)25-12-4-2-1-3-5-12/h1-5,7-8,11,13,16,26H,6,9-10H2,(H2,18,19,20). The number of benzene rings is 1. The van der Waals surface area contributed by atoms with Gasteiger partial charge >= 0.3 is 8.25 Å². The zero-order valence-electron chi connectivity index (χ0n) is 13.9. The second-order valence-electron chi connectivity index (χ2n) is 6.00. The van der Waals surface area contributed by atoms with E-state index in [0.29, 0.717) is 11.6 Å². The lowest BCUT2D eigenvalue weighted by Crippen LogP contribution is -2.14. The van der Waals surface area contributed by atoms with Crippen LogP contribution in [0.15, 0.2) is 48.8 Å². The van der Waals surface area contributed by atoms with Gasteiger partial charge in [-0.3, -0.25) is 4.52 Å². The van der Waals surface area contributed by atoms with Crippen LogP contribution in [0.25, 0.3) is 5.52 Å². The molecular weight excluding hydrogens is 355 g/mol. The maximum Gasteiger partial charge on any atom is 0.367 e. The minimum atomic E-state index is -2.61. The highest BCUT2D eigenvalue weighted by Crippen LogP contribution is 2.35. The maximum absolute atomic E-state index is 11.9. The van der Waals surface area contributed by atoms with E-state index in [1.807, 2.05) is 30.3 Å². The second kappa shape index (κ2) is 7.45. The van der Waals surface area contributed by atoms with Gasteiger partial charge in [0.2, 0.25) is 0 Å². The zero-order chi connectivity index (χ0) is 17.9. The van der Waals surface area contributed by atoms with Gasteiger partial charge in [0.25, 0.3) is 0 Å². The summed E-state index contributed by atoms with van der Waals surface area (Å²) >= 11 is 0. The van der Waals surface area contributed by atoms with Crippen LogP contribution in [0.4, 0.5) is 5.82 Å². The third-order valence-corrected chi connectivity index (χ3v) is 5.08. The Kier molecular flexibility index (Phi) is 4.88. The molecule has 3 unspecified atom stereocenters. The van der Waals surface area contributed by atoms with E-state index < -0.39 is 8.25 Å². The van der Waals surface area contributed by atoms with E-state index >= 15 is 0 Å². The molecule has 0 saturated carbocycles. The van der Waals surface area contributed by atoms with E-state index in [0.717, 1.165) is 24.1 Å². The molecule has 9 heteroatoms. The predicted octanol–water partition coefficient (Wildman–Crippen LogP) is 3.02. The third-order valence-electron chi connectivity index (χ3n) is 4.28. The van der Waals surface area contributed by atoms with Gasteiger partial charge in [-0.25, -0.2) is 14.1 Å². The van der Waals surface area contributed by atoms with Crippen LogP contribution in [0.3, 0.4) is 0 Å². The van der Waals surface area contributed by atoms with Crippen molar-refractivity contribution in [3.8, 4) is 5.75 Å². The van der Waals surface area contributed by atoms with Gasteiger partial charge in [0, 0.05) is 0 Å². The van der Waals surface area contributed by atoms with E-state index in [2.05, 4.69) is 10.1 Å². The zero-order valence-corrected chi connectivity index (χ0v) is 14.9. The number of aromatic nitrogens is 3. The summed E-state index contributed by atoms with van der Waals surface area (Å²) in [5, 5.41) is 4.24. The van der Waals surface area contributed by atoms with Crippen LogP contribution in [0.2, 0.25) is 0 Å². The summed E-state index contributed by atoms with van der Waals surface area (Å²) in [6, 6.07) is 12.8. The highest BCUT2D eigenvalue weighted by molar-refractivity contribution is 7.33. The van der Waals surface area contributed by atoms with E-state index in [4.69, 9.17) is 19.5 Å². The summed E-state index contributed by atoms with van der Waals surface area (Å²) in [4.78, 5) is 3.99. The topological polar surface area (TPSA) is 101 Å². The summed E-state index contributed by atoms with van der Waals surface area (Å²) in [5.41, 5.74) is 7.54. The Morgan fingerprint density at radius 2 is 2.08 bits per heavy atom. The Labute approximate surface area is 150 Å². The van der Waals surface area contributed by atoms with Gasteiger partial charge in [-0.05, 0) is 37.1 Å². The SMILES string of the molecule is Nc1ncnn2c(C3CCC(CO[PH](=O)Oc4ccccc4)O3)ccc12. The number of fused-ring (bicyclic) bond motifs is 1. The molecule has 1 saturated heterocycles. The molecule has 2 N–H and O–H groups in total. The molecule has 1 aliphatic rings. The van der Waals surface area contributed by atoms with Crippen LogP contribution < -0.4 is 10.3 Å². The van der Waals surface area contributed by atoms with Crippen LogP contribution in [-0.2, 0) is 13.8 Å². The number of rotatable bonds is 6. The van der Waals surface area contributed by atoms with E-state index in [9.17, 15) is 4.57 Å². The number of nitrogens with zero attached hydrogens (tertiary/aromatic N) is 3. The monoisotopic (exact) mass is 374 g/mol. The lowest BCUT2D eigenvalue weighted by molar-refractivity contribution is 0.0144. The van der Waals surface area contributed by atoms with Crippen molar-refractivity contribution in [3.05, 3.63) is 54.5 Å². The van der Waals surface area contributed by atoms with E-state index in [1.165, 1.54) is 6.33 Å². The summed E-state index contributed by atoms with van der Waals surface area (Å²) < 4.78 is 30.3. The molecule has 3 heterocycles. The normalized spacial score (nSPS) is 21.1. The van der Waals surface area contributed by atoms with Gasteiger partial charge in [-0.2, -0.15) is 5.10 Å². The first-order valence-electron chi connectivity index (χ1n) is 8.34. The minimum absolute atomic E-state index is 0.113. The summed E-state index contributed by atoms with van der Waals surface area (Å²) in [7, 11) is -2.61. The molecule has 1 fully saturated rings. The van der Waals surface area contributed by atoms with Crippen molar-refractivity contribution in [1.82, 2.24) is 14.6 Å². The average Bonchev–Trinajstić information content (AvgIpc) is 3.28. The Hall–Kier alpha value is -2.41. The van der Waals surface area contributed by atoms with Crippen molar-refractivity contribution in [2.45, 2.75) is 25.0 Å². The molecule has 3 atom stereocenters. The molecule has 0 spiro atoms. The van der Waals surface area contributed by atoms with Crippen molar-refractivity contribution < 1.29 is 18.3 Å². The van der Waals surface area contributed by atoms with Gasteiger partial charge in [-0.1, -0.05) is 18.2 Å². The summed E-state index contributed by atoms with van der Waals surface area (Å²) in [5.74, 6) is 0.958. The van der Waals surface area contributed by atoms with E-state index in [-0.39, 0.29) is 18.8 Å². The molecule has 0 radical (unpaired) electrons. The Morgan fingerprint density at radius 3 is 2.92 bits per heavy atom. The van der Waals surface area contributed by atoms with E-state index in [1.54, 1.807) is 16.6 Å². The van der Waals surface area contributed by atoms with Crippen LogP contribution in [-0.4, -0.2) is 27.3 Å². The fourth-order valence-electron chi connectivity index (χ4n) is 3.04. The largest absolute Gasteiger partial charge is 0.426 e. The van der Waals surface area contributed by atoms with Crippen molar-refractivity contribution in [2.24, 2.45) is 0 Å². The van der Waals surface area contributed by atoms with Gasteiger partial charge in [0.15, 0.2) is 5.82 Å². The van der Waals surface area contributed by atoms with Crippen molar-refractivity contribution in [3.63, 3.8) is 0 Å². The maximum atomic E-state index is 11.9. The highest BCUT2D eigenvalue weighted by Gasteiger charge is 2.29. The molecule has 26 heavy (non-hydrogen) atoms. The van der Waals surface area contributed by atoms with Crippen LogP contribution in [0.5, 0.6) is 5.75 Å². The first-order valence-corrected chi connectivity index (χ1v) is 9.56. The fourth-order valence-corrected chi connectivity index (χ4v) is 3.75. The number of hydrogen-bond acceptors (Lipinski definition) is 7. The molecule has 4 rings (SSSR count). The fraction of sp³-hybridized carbons (Fsp3) is 0.294. The molecule has 0 aliphatic carbocycles. The molecule has 2 aromatic heterocycles. The van der Waals surface area contributed by atoms with Crippen molar-refractivity contribution in [1.29, 1.82) is 0 Å². The molecule has 1 aromatic carbocycles. The van der Waals surface area contributed by atoms with Crippen LogP contribution in [0, 0.1) is 0 Å². The number of nitrogen functional groups attached to an aromatic ring is 1. The summed E-state index contributed by atoms with van der Waals surface area (Å²) in [6.45, 7) is 0.224. The number of ether oxygens (including phenoxy) is 1. The predicted molar refractivity (Wildman–Crippen MR) is 96.3 cm³/mol. The quantitative estimate of drug-likeness (QED) is 0.662. The summed E-state index contributed by atoms with van der Waals surface area (Å²) in [6.07, 6.45) is 2.80. The number of hydrogen-bond donors (Lipinski definition) is 1. The Balaban J connectivity index is 1.33. The average molecular weight is 374 g/mol. The van der Waals surface area contributed by atoms with Crippen LogP contribution >= 0.6 is 8.25 Å². The molecule has 3 aromatic rings. The molecule has 1 aliphatic heterocycles. The van der Waals surface area contributed by atoms with Crippen molar-refractivity contribution in [2.75, 3.05) is 12.3 Å². The van der Waals surface area contributed by atoms with Crippen LogP contribution in [0.1, 0.15) is 24.6 Å². The lowest BCUT2D eigenvalue weighted by atomic mass is 10.1. The highest BCUT2D eigenvalue weighted by atomic mass is 31.1.